The zero-order valence-electron chi connectivity index (χ0n) is 18.8. The summed E-state index contributed by atoms with van der Waals surface area (Å²) in [6.45, 7) is 0. The average Bonchev–Trinajstić information content (AvgIpc) is 3.37. The lowest BCUT2D eigenvalue weighted by atomic mass is 10.1. The normalized spacial score (nSPS) is 10.9. The number of rotatable bonds is 7. The summed E-state index contributed by atoms with van der Waals surface area (Å²) in [4.78, 5) is 24.8. The van der Waals surface area contributed by atoms with Gasteiger partial charge in [0.25, 0.3) is 5.91 Å². The Balaban J connectivity index is 1.51. The molecule has 1 amide bonds. The van der Waals surface area contributed by atoms with Gasteiger partial charge in [-0.3, -0.25) is 10.1 Å². The molecule has 3 aromatic carbocycles. The van der Waals surface area contributed by atoms with Gasteiger partial charge in [-0.15, -0.1) is 10.2 Å². The van der Waals surface area contributed by atoms with E-state index >= 15 is 0 Å². The summed E-state index contributed by atoms with van der Waals surface area (Å²) >= 11 is 6.93. The maximum Gasteiger partial charge on any atom is 0.343 e. The second kappa shape index (κ2) is 11.3. The number of amides is 1. The van der Waals surface area contributed by atoms with Crippen molar-refractivity contribution in [3.8, 4) is 17.6 Å². The van der Waals surface area contributed by atoms with E-state index in [4.69, 9.17) is 21.1 Å². The van der Waals surface area contributed by atoms with E-state index in [1.165, 1.54) is 7.11 Å². The number of aromatic nitrogens is 2. The molecule has 0 saturated heterocycles. The largest absolute Gasteiger partial charge is 0.493 e. The predicted octanol–water partition coefficient (Wildman–Crippen LogP) is 5.74. The second-order valence-electron chi connectivity index (χ2n) is 7.21. The van der Waals surface area contributed by atoms with Gasteiger partial charge in [-0.25, -0.2) is 4.79 Å². The van der Waals surface area contributed by atoms with Crippen molar-refractivity contribution in [2.45, 2.75) is 0 Å². The quantitative estimate of drug-likeness (QED) is 0.189. The summed E-state index contributed by atoms with van der Waals surface area (Å²) in [7, 11) is 1.44. The molecule has 178 valence electrons. The number of anilines is 1. The van der Waals surface area contributed by atoms with Crippen molar-refractivity contribution >= 4 is 51.6 Å². The van der Waals surface area contributed by atoms with Crippen molar-refractivity contribution in [2.75, 3.05) is 12.4 Å². The number of nitrogens with zero attached hydrogens (tertiary/aromatic N) is 3. The predicted molar refractivity (Wildman–Crippen MR) is 137 cm³/mol. The van der Waals surface area contributed by atoms with Gasteiger partial charge < -0.3 is 9.47 Å². The van der Waals surface area contributed by atoms with Gasteiger partial charge in [0.15, 0.2) is 16.5 Å². The SMILES string of the molecule is COc1cc(/C=C(/C#N)c2nnc(NC(=O)c3ccccc3)s2)ccc1OC(=O)c1ccc(Cl)cc1. The maximum atomic E-state index is 12.4. The average molecular weight is 517 g/mol. The summed E-state index contributed by atoms with van der Waals surface area (Å²) in [5, 5.41) is 21.4. The van der Waals surface area contributed by atoms with E-state index in [2.05, 4.69) is 21.6 Å². The number of esters is 1. The third-order valence-corrected chi connectivity index (χ3v) is 5.94. The van der Waals surface area contributed by atoms with Gasteiger partial charge in [-0.05, 0) is 60.2 Å². The molecule has 0 unspecified atom stereocenters. The minimum absolute atomic E-state index is 0.218. The van der Waals surface area contributed by atoms with Gasteiger partial charge in [-0.1, -0.05) is 47.2 Å². The maximum absolute atomic E-state index is 12.4. The smallest absolute Gasteiger partial charge is 0.343 e. The van der Waals surface area contributed by atoms with Crippen molar-refractivity contribution < 1.29 is 19.1 Å². The number of nitriles is 1. The Hall–Kier alpha value is -4.52. The van der Waals surface area contributed by atoms with Crippen LogP contribution < -0.4 is 14.8 Å². The molecule has 0 bridgehead atoms. The summed E-state index contributed by atoms with van der Waals surface area (Å²) in [6.07, 6.45) is 1.59. The van der Waals surface area contributed by atoms with Crippen LogP contribution in [0.1, 0.15) is 31.3 Å². The highest BCUT2D eigenvalue weighted by atomic mass is 35.5. The molecule has 36 heavy (non-hydrogen) atoms. The van der Waals surface area contributed by atoms with Crippen LogP contribution in [0.25, 0.3) is 11.6 Å². The molecule has 0 aliphatic rings. The number of nitrogens with one attached hydrogen (secondary N) is 1. The summed E-state index contributed by atoms with van der Waals surface area (Å²) in [6, 6.07) is 22.0. The van der Waals surface area contributed by atoms with Gasteiger partial charge in [0.2, 0.25) is 5.13 Å². The van der Waals surface area contributed by atoms with Gasteiger partial charge in [0, 0.05) is 10.6 Å². The van der Waals surface area contributed by atoms with Crippen molar-refractivity contribution in [3.05, 3.63) is 99.5 Å². The van der Waals surface area contributed by atoms with Gasteiger partial charge in [-0.2, -0.15) is 5.26 Å². The topological polar surface area (TPSA) is 114 Å². The molecule has 0 aliphatic carbocycles. The van der Waals surface area contributed by atoms with Crippen LogP contribution in [0.4, 0.5) is 5.13 Å². The molecule has 4 rings (SSSR count). The molecule has 0 spiro atoms. The lowest BCUT2D eigenvalue weighted by Gasteiger charge is -2.10. The highest BCUT2D eigenvalue weighted by Crippen LogP contribution is 2.31. The molecule has 10 heteroatoms. The number of allylic oxidation sites excluding steroid dienone is 1. The fourth-order valence-electron chi connectivity index (χ4n) is 3.05. The molecule has 1 N–H and O–H groups in total. The Morgan fingerprint density at radius 1 is 1.00 bits per heavy atom. The number of halogens is 1. The van der Waals surface area contributed by atoms with E-state index in [-0.39, 0.29) is 22.4 Å². The Morgan fingerprint density at radius 3 is 2.44 bits per heavy atom. The number of hydrogen-bond acceptors (Lipinski definition) is 8. The summed E-state index contributed by atoms with van der Waals surface area (Å²) in [5.74, 6) is -0.370. The summed E-state index contributed by atoms with van der Waals surface area (Å²) in [5.41, 5.74) is 1.67. The van der Waals surface area contributed by atoms with Crippen molar-refractivity contribution in [3.63, 3.8) is 0 Å². The van der Waals surface area contributed by atoms with Gasteiger partial charge in [0.05, 0.1) is 18.2 Å². The Kier molecular flexibility index (Phi) is 7.70. The minimum Gasteiger partial charge on any atom is -0.493 e. The van der Waals surface area contributed by atoms with Crippen LogP contribution in [0.5, 0.6) is 11.5 Å². The van der Waals surface area contributed by atoms with E-state index in [1.54, 1.807) is 72.8 Å². The molecular weight excluding hydrogens is 500 g/mol. The van der Waals surface area contributed by atoms with Gasteiger partial charge >= 0.3 is 5.97 Å². The molecule has 1 heterocycles. The molecule has 1 aromatic heterocycles. The molecule has 0 saturated carbocycles. The van der Waals surface area contributed by atoms with Crippen LogP contribution in [0.15, 0.2) is 72.8 Å². The first-order valence-corrected chi connectivity index (χ1v) is 11.6. The lowest BCUT2D eigenvalue weighted by molar-refractivity contribution is 0.0729. The Labute approximate surface area is 215 Å². The highest BCUT2D eigenvalue weighted by Gasteiger charge is 2.15. The molecular formula is C26H17ClN4O4S. The third-order valence-electron chi connectivity index (χ3n) is 4.81. The second-order valence-corrected chi connectivity index (χ2v) is 8.62. The number of carbonyl (C=O) groups excluding carboxylic acids is 2. The van der Waals surface area contributed by atoms with E-state index < -0.39 is 5.97 Å². The van der Waals surface area contributed by atoms with Crippen LogP contribution >= 0.6 is 22.9 Å². The number of carbonyl (C=O) groups is 2. The molecule has 0 radical (unpaired) electrons. The molecule has 0 atom stereocenters. The monoisotopic (exact) mass is 516 g/mol. The van der Waals surface area contributed by atoms with Crippen molar-refractivity contribution in [1.82, 2.24) is 10.2 Å². The zero-order valence-corrected chi connectivity index (χ0v) is 20.3. The van der Waals surface area contributed by atoms with Crippen molar-refractivity contribution in [2.24, 2.45) is 0 Å². The first-order chi connectivity index (χ1) is 17.5. The van der Waals surface area contributed by atoms with Crippen LogP contribution in [0.3, 0.4) is 0 Å². The fourth-order valence-corrected chi connectivity index (χ4v) is 3.88. The zero-order chi connectivity index (χ0) is 25.5. The Bertz CT molecular complexity index is 1480. The van der Waals surface area contributed by atoms with Crippen LogP contribution in [-0.2, 0) is 0 Å². The fraction of sp³-hybridized carbons (Fsp3) is 0.0385. The summed E-state index contributed by atoms with van der Waals surface area (Å²) < 4.78 is 10.8. The lowest BCUT2D eigenvalue weighted by Crippen LogP contribution is -2.11. The molecule has 0 aliphatic heterocycles. The van der Waals surface area contributed by atoms with E-state index in [0.717, 1.165) is 11.3 Å². The highest BCUT2D eigenvalue weighted by molar-refractivity contribution is 7.16. The number of ether oxygens (including phenoxy) is 2. The first-order valence-electron chi connectivity index (χ1n) is 10.4. The third kappa shape index (κ3) is 5.93. The van der Waals surface area contributed by atoms with Crippen LogP contribution in [0.2, 0.25) is 5.02 Å². The van der Waals surface area contributed by atoms with Crippen LogP contribution in [0, 0.1) is 11.3 Å². The first kappa shape index (κ1) is 24.6. The molecule has 4 aromatic rings. The van der Waals surface area contributed by atoms with Crippen molar-refractivity contribution in [1.29, 1.82) is 5.26 Å². The molecule has 8 nitrogen and oxygen atoms in total. The molecule has 0 fully saturated rings. The van der Waals surface area contributed by atoms with E-state index in [0.29, 0.717) is 32.5 Å². The van der Waals surface area contributed by atoms with Gasteiger partial charge in [0.1, 0.15) is 6.07 Å². The number of methoxy groups -OCH3 is 1. The minimum atomic E-state index is -0.565. The van der Waals surface area contributed by atoms with E-state index in [1.807, 2.05) is 6.07 Å². The van der Waals surface area contributed by atoms with E-state index in [9.17, 15) is 14.9 Å². The Morgan fingerprint density at radius 2 is 1.75 bits per heavy atom. The standard InChI is InChI=1S/C26H17ClN4O4S/c1-34-22-14-16(7-12-21(22)35-25(33)18-8-10-20(27)11-9-18)13-19(15-28)24-30-31-26(36-24)29-23(32)17-5-3-2-4-6-17/h2-14H,1H3,(H,29,31,32)/b19-13-. The number of hydrogen-bond donors (Lipinski definition) is 1. The van der Waals surface area contributed by atoms with Crippen LogP contribution in [-0.4, -0.2) is 29.2 Å². The number of benzene rings is 3.